The van der Waals surface area contributed by atoms with Crippen LogP contribution in [0.25, 0.3) is 21.3 Å². The lowest BCUT2D eigenvalue weighted by Gasteiger charge is -2.47. The smallest absolute Gasteiger partial charge is 0.270 e. The summed E-state index contributed by atoms with van der Waals surface area (Å²) in [7, 11) is 0. The van der Waals surface area contributed by atoms with Gasteiger partial charge in [0.25, 0.3) is 11.8 Å². The average Bonchev–Trinajstić information content (AvgIpc) is 4.19. The molecule has 8 heterocycles. The number of para-hydroxylation sites is 1. The molecule has 4 aromatic heterocycles. The monoisotopic (exact) mass is 979 g/mol. The van der Waals surface area contributed by atoms with Gasteiger partial charge in [-0.15, -0.1) is 0 Å². The Kier molecular flexibility index (Phi) is 13.4. The molecule has 3 saturated heterocycles. The predicted octanol–water partition coefficient (Wildman–Crippen LogP) is 7.66. The highest BCUT2D eigenvalue weighted by atomic mass is 32.1. The first-order valence-electron chi connectivity index (χ1n) is 25.8. The number of anilines is 3. The predicted molar refractivity (Wildman–Crippen MR) is 275 cm³/mol. The van der Waals surface area contributed by atoms with Crippen LogP contribution in [0, 0.1) is 18.8 Å². The fraction of sp³-hybridized carbons (Fsp3) is 0.500. The van der Waals surface area contributed by atoms with Gasteiger partial charge in [0.05, 0.1) is 22.5 Å². The number of benzene rings is 2. The molecule has 0 radical (unpaired) electrons. The van der Waals surface area contributed by atoms with Crippen molar-refractivity contribution < 1.29 is 24.0 Å². The minimum atomic E-state index is -0.472. The van der Waals surface area contributed by atoms with Crippen molar-refractivity contribution in [2.45, 2.75) is 116 Å². The van der Waals surface area contributed by atoms with E-state index in [1.54, 1.807) is 4.90 Å². The number of nitrogens with zero attached hydrogens (tertiary/aromatic N) is 9. The number of likely N-dealkylation sites (tertiary alicyclic amines) is 2. The summed E-state index contributed by atoms with van der Waals surface area (Å²) in [5, 5.41) is 26.4. The van der Waals surface area contributed by atoms with E-state index < -0.39 is 12.0 Å². The van der Waals surface area contributed by atoms with Crippen LogP contribution in [-0.4, -0.2) is 122 Å². The number of fused-ring (bicyclic) bond motifs is 2. The molecule has 1 aliphatic carbocycles. The quantitative estimate of drug-likeness (QED) is 0.103. The van der Waals surface area contributed by atoms with Gasteiger partial charge in [0, 0.05) is 99.4 Å². The van der Waals surface area contributed by atoms with E-state index in [0.29, 0.717) is 72.5 Å². The molecule has 1 saturated carbocycles. The van der Waals surface area contributed by atoms with Crippen molar-refractivity contribution in [3.8, 4) is 11.1 Å². The zero-order valence-corrected chi connectivity index (χ0v) is 41.9. The van der Waals surface area contributed by atoms with Crippen LogP contribution in [0.1, 0.15) is 115 Å². The molecule has 4 aliphatic heterocycles. The number of hydrogen-bond donors (Lipinski definition) is 3. The van der Waals surface area contributed by atoms with E-state index in [0.717, 1.165) is 96.0 Å². The topological polar surface area (TPSA) is 178 Å². The highest BCUT2D eigenvalue weighted by Gasteiger charge is 2.39. The Bertz CT molecular complexity index is 2880. The van der Waals surface area contributed by atoms with Gasteiger partial charge in [-0.1, -0.05) is 73.9 Å². The van der Waals surface area contributed by atoms with Crippen LogP contribution in [-0.2, 0) is 24.3 Å². The van der Waals surface area contributed by atoms with E-state index in [9.17, 15) is 19.5 Å². The second-order valence-corrected chi connectivity index (χ2v) is 21.9. The van der Waals surface area contributed by atoms with Crippen LogP contribution in [0.5, 0.6) is 0 Å². The molecule has 17 heteroatoms. The Balaban J connectivity index is 0.771. The van der Waals surface area contributed by atoms with Gasteiger partial charge in [-0.25, -0.2) is 9.97 Å². The van der Waals surface area contributed by atoms with E-state index in [4.69, 9.17) is 14.6 Å². The summed E-state index contributed by atoms with van der Waals surface area (Å²) < 4.78 is 8.94. The molecule has 0 bridgehead atoms. The SMILES string of the molecule is Cc1c(-c2ccc(N3CCc4cccc(C(=O)Nc5nc6ccccc6s5)c4C3)nc2C(=O)NC2CCN(C3CN(c4cc(C(C(=O)N5CCC(O)C5)C(C)C)on4)C3)CC2)cnn1CC1CCCCC1. The Labute approximate surface area is 418 Å². The number of rotatable bonds is 13. The molecule has 11 rings (SSSR count). The number of carbonyl (C=O) groups is 3. The number of piperidine rings is 1. The van der Waals surface area contributed by atoms with Crippen molar-refractivity contribution in [3.63, 3.8) is 0 Å². The maximum atomic E-state index is 14.7. The van der Waals surface area contributed by atoms with E-state index in [1.807, 2.05) is 74.6 Å². The molecule has 3 N–H and O–H groups in total. The zero-order valence-electron chi connectivity index (χ0n) is 41.1. The second-order valence-electron chi connectivity index (χ2n) is 20.8. The number of aromatic nitrogens is 5. The van der Waals surface area contributed by atoms with Crippen LogP contribution in [0.15, 0.2) is 71.4 Å². The third-order valence-corrected chi connectivity index (χ3v) is 16.8. The third kappa shape index (κ3) is 9.80. The Morgan fingerprint density at radius 2 is 1.66 bits per heavy atom. The van der Waals surface area contributed by atoms with Crippen LogP contribution in [0.4, 0.5) is 16.8 Å². The first-order chi connectivity index (χ1) is 34.5. The van der Waals surface area contributed by atoms with Gasteiger partial charge in [-0.2, -0.15) is 5.10 Å². The molecule has 5 aliphatic rings. The molecule has 71 heavy (non-hydrogen) atoms. The molecular formula is C54H65N11O5S. The van der Waals surface area contributed by atoms with Crippen molar-refractivity contribution in [3.05, 3.63) is 101 Å². The average molecular weight is 980 g/mol. The van der Waals surface area contributed by atoms with Crippen molar-refractivity contribution in [2.24, 2.45) is 11.8 Å². The zero-order chi connectivity index (χ0) is 48.8. The number of amides is 3. The Hall–Kier alpha value is -6.17. The van der Waals surface area contributed by atoms with E-state index in [2.05, 4.69) is 53.1 Å². The summed E-state index contributed by atoms with van der Waals surface area (Å²) >= 11 is 1.46. The molecule has 4 fully saturated rings. The molecule has 2 aromatic carbocycles. The molecule has 6 aromatic rings. The Morgan fingerprint density at radius 3 is 2.44 bits per heavy atom. The van der Waals surface area contributed by atoms with Crippen molar-refractivity contribution in [2.75, 3.05) is 60.9 Å². The second kappa shape index (κ2) is 20.1. The summed E-state index contributed by atoms with van der Waals surface area (Å²) in [4.78, 5) is 60.5. The molecule has 372 valence electrons. The number of pyridine rings is 1. The van der Waals surface area contributed by atoms with E-state index in [-0.39, 0.29) is 29.7 Å². The highest BCUT2D eigenvalue weighted by molar-refractivity contribution is 7.22. The number of hydrogen-bond acceptors (Lipinski definition) is 13. The fourth-order valence-electron chi connectivity index (χ4n) is 11.6. The summed E-state index contributed by atoms with van der Waals surface area (Å²) in [6, 6.07) is 20.1. The highest BCUT2D eigenvalue weighted by Crippen LogP contribution is 2.36. The Morgan fingerprint density at radius 1 is 0.845 bits per heavy atom. The minimum absolute atomic E-state index is 0.0120. The van der Waals surface area contributed by atoms with Crippen LogP contribution < -0.4 is 20.4 Å². The maximum Gasteiger partial charge on any atom is 0.270 e. The van der Waals surface area contributed by atoms with Crippen molar-refractivity contribution in [1.82, 2.24) is 40.0 Å². The molecule has 0 spiro atoms. The number of thiazole rings is 1. The summed E-state index contributed by atoms with van der Waals surface area (Å²) in [5.74, 6) is 1.81. The summed E-state index contributed by atoms with van der Waals surface area (Å²) in [6.45, 7) is 12.4. The lowest BCUT2D eigenvalue weighted by atomic mass is 9.89. The molecule has 16 nitrogen and oxygen atoms in total. The molecule has 2 atom stereocenters. The lowest BCUT2D eigenvalue weighted by Crippen LogP contribution is -2.62. The van der Waals surface area contributed by atoms with E-state index in [1.165, 1.54) is 43.4 Å². The van der Waals surface area contributed by atoms with Gasteiger partial charge in [-0.05, 0) is 98.7 Å². The number of aliphatic hydroxyl groups is 1. The van der Waals surface area contributed by atoms with Crippen LogP contribution in [0.3, 0.4) is 0 Å². The minimum Gasteiger partial charge on any atom is -0.391 e. The van der Waals surface area contributed by atoms with Gasteiger partial charge in [-0.3, -0.25) is 29.3 Å². The number of carbonyl (C=O) groups excluding carboxylic acids is 3. The maximum absolute atomic E-state index is 14.7. The molecular weight excluding hydrogens is 915 g/mol. The number of aliphatic hydroxyl groups excluding tert-OH is 1. The van der Waals surface area contributed by atoms with Gasteiger partial charge in [0.2, 0.25) is 5.91 Å². The molecule has 3 amide bonds. The van der Waals surface area contributed by atoms with Crippen molar-refractivity contribution in [1.29, 1.82) is 0 Å². The van der Waals surface area contributed by atoms with E-state index >= 15 is 0 Å². The number of β-amino-alcohol motifs (C(OH)–C–C–N with tert-alkyl or cyclic N) is 1. The summed E-state index contributed by atoms with van der Waals surface area (Å²) in [6.07, 6.45) is 10.7. The van der Waals surface area contributed by atoms with Gasteiger partial charge < -0.3 is 29.6 Å². The van der Waals surface area contributed by atoms with Crippen LogP contribution >= 0.6 is 11.3 Å². The van der Waals surface area contributed by atoms with Crippen LogP contribution in [0.2, 0.25) is 0 Å². The van der Waals surface area contributed by atoms with Crippen molar-refractivity contribution >= 4 is 56.0 Å². The van der Waals surface area contributed by atoms with Gasteiger partial charge in [0.1, 0.15) is 17.4 Å². The largest absolute Gasteiger partial charge is 0.391 e. The standard InChI is InChI=1S/C54H65N11O5S/c1-33(2)49(53(69)63-25-21-39(66)31-63)45-26-48(60-70-45)64-29-38(30-64)61-23-19-37(20-24-61)56-52(68)50-40(42-27-55-65(34(42)3)28-35-10-5-4-6-11-35)16-17-47(58-50)62-22-18-36-12-9-13-41(43(36)32-62)51(67)59-54-57-44-14-7-8-15-46(44)71-54/h7-9,12-17,26-27,33,35,37-39,49,66H,4-6,10-11,18-25,28-32H2,1-3H3,(H,56,68)(H,57,59,67). The van der Waals surface area contributed by atoms with Gasteiger partial charge in [0.15, 0.2) is 16.7 Å². The lowest BCUT2D eigenvalue weighted by molar-refractivity contribution is -0.133. The van der Waals surface area contributed by atoms with Gasteiger partial charge >= 0.3 is 0 Å². The first kappa shape index (κ1) is 47.2. The normalized spacial score (nSPS) is 19.8. The molecule has 2 unspecified atom stereocenters. The summed E-state index contributed by atoms with van der Waals surface area (Å²) in [5.41, 5.74) is 6.67. The first-order valence-corrected chi connectivity index (χ1v) is 26.6. The fourth-order valence-corrected chi connectivity index (χ4v) is 12.4. The number of nitrogens with one attached hydrogen (secondary N) is 2. The third-order valence-electron chi connectivity index (χ3n) is 15.8.